The number of aliphatic imine (C=N–C) groups is 1. The topological polar surface area (TPSA) is 89.1 Å². The van der Waals surface area contributed by atoms with Gasteiger partial charge in [-0.25, -0.2) is 9.59 Å². The first-order valence-electron chi connectivity index (χ1n) is 8.14. The average molecular weight is 363 g/mol. The molecule has 136 valence electrons. The van der Waals surface area contributed by atoms with Crippen LogP contribution in [0.4, 0.5) is 5.69 Å². The second kappa shape index (κ2) is 7.70. The zero-order valence-corrected chi connectivity index (χ0v) is 14.8. The lowest BCUT2D eigenvalue weighted by Gasteiger charge is -2.05. The number of carbonyl (C=O) groups is 2. The minimum atomic E-state index is -0.977. The molecule has 1 aromatic heterocycles. The van der Waals surface area contributed by atoms with E-state index in [4.69, 9.17) is 14.3 Å². The summed E-state index contributed by atoms with van der Waals surface area (Å²) in [4.78, 5) is 26.7. The van der Waals surface area contributed by atoms with Gasteiger partial charge >= 0.3 is 11.9 Å². The van der Waals surface area contributed by atoms with E-state index in [1.165, 1.54) is 19.2 Å². The number of aromatic carboxylic acids is 1. The van der Waals surface area contributed by atoms with Crippen LogP contribution in [0.1, 0.15) is 32.0 Å². The van der Waals surface area contributed by atoms with Gasteiger partial charge in [0.05, 0.1) is 30.1 Å². The minimum absolute atomic E-state index is 0.208. The fourth-order valence-electron chi connectivity index (χ4n) is 2.58. The number of carboxylic acids is 1. The molecule has 0 saturated carbocycles. The predicted octanol–water partition coefficient (Wildman–Crippen LogP) is 4.49. The fraction of sp³-hybridized carbons (Fsp3) is 0.0952. The highest BCUT2D eigenvalue weighted by Crippen LogP contribution is 2.26. The molecule has 0 atom stereocenters. The zero-order chi connectivity index (χ0) is 19.4. The van der Waals surface area contributed by atoms with Gasteiger partial charge < -0.3 is 14.3 Å². The van der Waals surface area contributed by atoms with Crippen molar-refractivity contribution in [2.75, 3.05) is 7.11 Å². The van der Waals surface area contributed by atoms with Crippen molar-refractivity contribution in [1.29, 1.82) is 0 Å². The quantitative estimate of drug-likeness (QED) is 0.533. The summed E-state index contributed by atoms with van der Waals surface area (Å²) in [6.07, 6.45) is 1.57. The SMILES string of the molecule is COC(=O)c1ccc(-c2ccc(C=Nc3ccc(C(=O)O)cc3)o2)c(C)c1. The Hall–Kier alpha value is -3.67. The molecule has 3 aromatic rings. The van der Waals surface area contributed by atoms with E-state index < -0.39 is 5.97 Å². The van der Waals surface area contributed by atoms with Crippen LogP contribution < -0.4 is 0 Å². The fourth-order valence-corrected chi connectivity index (χ4v) is 2.58. The molecule has 6 nitrogen and oxygen atoms in total. The Labute approximate surface area is 155 Å². The van der Waals surface area contributed by atoms with Gasteiger partial charge in [-0.05, 0) is 61.0 Å². The number of rotatable bonds is 5. The summed E-state index contributed by atoms with van der Waals surface area (Å²) in [6.45, 7) is 1.89. The van der Waals surface area contributed by atoms with E-state index in [0.29, 0.717) is 22.8 Å². The minimum Gasteiger partial charge on any atom is -0.478 e. The average Bonchev–Trinajstić information content (AvgIpc) is 3.14. The highest BCUT2D eigenvalue weighted by atomic mass is 16.5. The third-order valence-corrected chi connectivity index (χ3v) is 3.99. The van der Waals surface area contributed by atoms with Crippen LogP contribution in [-0.4, -0.2) is 30.4 Å². The summed E-state index contributed by atoms with van der Waals surface area (Å²) in [5.74, 6) is -0.143. The number of esters is 1. The zero-order valence-electron chi connectivity index (χ0n) is 14.8. The summed E-state index contributed by atoms with van der Waals surface area (Å²) in [7, 11) is 1.35. The first-order valence-corrected chi connectivity index (χ1v) is 8.14. The smallest absolute Gasteiger partial charge is 0.337 e. The maximum absolute atomic E-state index is 11.6. The third kappa shape index (κ3) is 4.12. The van der Waals surface area contributed by atoms with Crippen LogP contribution in [0, 0.1) is 6.92 Å². The van der Waals surface area contributed by atoms with Crippen LogP contribution in [0.15, 0.2) is 64.0 Å². The van der Waals surface area contributed by atoms with Gasteiger partial charge in [0.1, 0.15) is 11.5 Å². The number of carboxylic acid groups (broad SMARTS) is 1. The van der Waals surface area contributed by atoms with Crippen LogP contribution in [0.2, 0.25) is 0 Å². The summed E-state index contributed by atoms with van der Waals surface area (Å²) in [5.41, 5.74) is 3.07. The molecule has 0 fully saturated rings. The number of furan rings is 1. The van der Waals surface area contributed by atoms with Crippen molar-refractivity contribution in [2.45, 2.75) is 6.92 Å². The number of nitrogens with zero attached hydrogens (tertiary/aromatic N) is 1. The second-order valence-electron chi connectivity index (χ2n) is 5.83. The van der Waals surface area contributed by atoms with E-state index in [9.17, 15) is 9.59 Å². The number of benzene rings is 2. The van der Waals surface area contributed by atoms with Crippen LogP contribution in [0.5, 0.6) is 0 Å². The molecule has 6 heteroatoms. The number of hydrogen-bond donors (Lipinski definition) is 1. The summed E-state index contributed by atoms with van der Waals surface area (Å²) in [6, 6.07) is 15.1. The van der Waals surface area contributed by atoms with Gasteiger partial charge in [0.15, 0.2) is 0 Å². The first-order chi connectivity index (χ1) is 13.0. The van der Waals surface area contributed by atoms with Crippen LogP contribution in [0.3, 0.4) is 0 Å². The van der Waals surface area contributed by atoms with Gasteiger partial charge in [-0.15, -0.1) is 0 Å². The standard InChI is InChI=1S/C21H17NO5/c1-13-11-15(21(25)26-2)5-9-18(13)19-10-8-17(27-19)12-22-16-6-3-14(4-7-16)20(23)24/h3-12H,1-2H3,(H,23,24). The molecular weight excluding hydrogens is 346 g/mol. The third-order valence-electron chi connectivity index (χ3n) is 3.99. The Morgan fingerprint density at radius 3 is 2.37 bits per heavy atom. The van der Waals surface area contributed by atoms with E-state index in [1.54, 1.807) is 36.5 Å². The lowest BCUT2D eigenvalue weighted by atomic mass is 10.0. The van der Waals surface area contributed by atoms with Gasteiger partial charge in [0, 0.05) is 5.56 Å². The highest BCUT2D eigenvalue weighted by molar-refractivity contribution is 5.90. The van der Waals surface area contributed by atoms with Crippen molar-refractivity contribution >= 4 is 23.8 Å². The molecule has 0 radical (unpaired) electrons. The van der Waals surface area contributed by atoms with Crippen molar-refractivity contribution in [3.63, 3.8) is 0 Å². The molecule has 0 aliphatic carbocycles. The second-order valence-corrected chi connectivity index (χ2v) is 5.83. The molecule has 2 aromatic carbocycles. The van der Waals surface area contributed by atoms with E-state index in [2.05, 4.69) is 4.99 Å². The first kappa shape index (κ1) is 18.1. The molecule has 0 spiro atoms. The lowest BCUT2D eigenvalue weighted by Crippen LogP contribution is -2.01. The predicted molar refractivity (Wildman–Crippen MR) is 101 cm³/mol. The van der Waals surface area contributed by atoms with Crippen LogP contribution in [-0.2, 0) is 4.74 Å². The number of methoxy groups -OCH3 is 1. The van der Waals surface area contributed by atoms with E-state index in [1.807, 2.05) is 19.1 Å². The number of ether oxygens (including phenoxy) is 1. The molecule has 0 aliphatic rings. The van der Waals surface area contributed by atoms with Crippen molar-refractivity contribution in [1.82, 2.24) is 0 Å². The molecule has 1 N–H and O–H groups in total. The number of carbonyl (C=O) groups excluding carboxylic acids is 1. The molecule has 27 heavy (non-hydrogen) atoms. The Morgan fingerprint density at radius 2 is 1.74 bits per heavy atom. The Balaban J connectivity index is 1.78. The molecule has 0 saturated heterocycles. The molecule has 0 unspecified atom stereocenters. The van der Waals surface area contributed by atoms with Gasteiger partial charge in [-0.3, -0.25) is 4.99 Å². The van der Waals surface area contributed by atoms with E-state index >= 15 is 0 Å². The van der Waals surface area contributed by atoms with Crippen LogP contribution in [0.25, 0.3) is 11.3 Å². The monoisotopic (exact) mass is 363 g/mol. The summed E-state index contributed by atoms with van der Waals surface area (Å²) >= 11 is 0. The van der Waals surface area contributed by atoms with Crippen molar-refractivity contribution in [3.8, 4) is 11.3 Å². The Morgan fingerprint density at radius 1 is 1.04 bits per heavy atom. The van der Waals surface area contributed by atoms with Crippen molar-refractivity contribution < 1.29 is 23.8 Å². The number of hydrogen-bond acceptors (Lipinski definition) is 5. The van der Waals surface area contributed by atoms with Crippen molar-refractivity contribution in [3.05, 3.63) is 77.0 Å². The van der Waals surface area contributed by atoms with Crippen LogP contribution >= 0.6 is 0 Å². The Kier molecular flexibility index (Phi) is 5.17. The highest BCUT2D eigenvalue weighted by Gasteiger charge is 2.11. The molecule has 0 aliphatic heterocycles. The van der Waals surface area contributed by atoms with E-state index in [0.717, 1.165) is 11.1 Å². The number of aryl methyl sites for hydroxylation is 1. The molecule has 0 amide bonds. The summed E-state index contributed by atoms with van der Waals surface area (Å²) < 4.78 is 10.5. The Bertz CT molecular complexity index is 1020. The molecule has 0 bridgehead atoms. The van der Waals surface area contributed by atoms with E-state index in [-0.39, 0.29) is 11.5 Å². The normalized spacial score (nSPS) is 10.9. The summed E-state index contributed by atoms with van der Waals surface area (Å²) in [5, 5.41) is 8.90. The largest absolute Gasteiger partial charge is 0.478 e. The lowest BCUT2D eigenvalue weighted by molar-refractivity contribution is 0.0599. The van der Waals surface area contributed by atoms with Gasteiger partial charge in [-0.2, -0.15) is 0 Å². The maximum Gasteiger partial charge on any atom is 0.337 e. The molecule has 3 rings (SSSR count). The molecule has 1 heterocycles. The molecular formula is C21H17NO5. The van der Waals surface area contributed by atoms with Gasteiger partial charge in [-0.1, -0.05) is 6.07 Å². The van der Waals surface area contributed by atoms with Crippen molar-refractivity contribution in [2.24, 2.45) is 4.99 Å². The maximum atomic E-state index is 11.6. The van der Waals surface area contributed by atoms with Gasteiger partial charge in [0.25, 0.3) is 0 Å². The van der Waals surface area contributed by atoms with Gasteiger partial charge in [0.2, 0.25) is 0 Å².